The smallest absolute Gasteiger partial charge is 0.223 e. The molecule has 0 atom stereocenters. The number of aliphatic hydroxyl groups excluding tert-OH is 1. The third kappa shape index (κ3) is 3.74. The van der Waals surface area contributed by atoms with Crippen LogP contribution in [0.15, 0.2) is 6.07 Å². The number of anilines is 3. The van der Waals surface area contributed by atoms with E-state index in [9.17, 15) is 0 Å². The van der Waals surface area contributed by atoms with Crippen LogP contribution in [0.25, 0.3) is 0 Å². The van der Waals surface area contributed by atoms with Gasteiger partial charge in [0.25, 0.3) is 0 Å². The van der Waals surface area contributed by atoms with Crippen molar-refractivity contribution in [2.45, 2.75) is 26.3 Å². The second-order valence-electron chi connectivity index (χ2n) is 4.08. The van der Waals surface area contributed by atoms with Gasteiger partial charge in [-0.15, -0.1) is 0 Å². The fourth-order valence-electron chi connectivity index (χ4n) is 1.61. The lowest BCUT2D eigenvalue weighted by atomic mass is 10.3. The summed E-state index contributed by atoms with van der Waals surface area (Å²) in [6.07, 6.45) is 0.705. The maximum absolute atomic E-state index is 8.90. The predicted molar refractivity (Wildman–Crippen MR) is 70.2 cm³/mol. The molecule has 1 heterocycles. The molecule has 0 aromatic carbocycles. The summed E-state index contributed by atoms with van der Waals surface area (Å²) in [4.78, 5) is 10.4. The SMILES string of the molecule is CNc1cc(N(CCCO)C(C)C)nc(N)n1. The van der Waals surface area contributed by atoms with E-state index in [0.717, 1.165) is 12.4 Å². The Balaban J connectivity index is 2.96. The van der Waals surface area contributed by atoms with E-state index in [1.807, 2.05) is 6.07 Å². The van der Waals surface area contributed by atoms with Gasteiger partial charge in [-0.2, -0.15) is 9.97 Å². The molecule has 0 saturated carbocycles. The molecule has 0 bridgehead atoms. The summed E-state index contributed by atoms with van der Waals surface area (Å²) in [6.45, 7) is 5.07. The zero-order chi connectivity index (χ0) is 12.8. The molecule has 96 valence electrons. The summed E-state index contributed by atoms with van der Waals surface area (Å²) in [5.74, 6) is 1.73. The van der Waals surface area contributed by atoms with E-state index in [4.69, 9.17) is 10.8 Å². The Labute approximate surface area is 102 Å². The summed E-state index contributed by atoms with van der Waals surface area (Å²) in [7, 11) is 1.79. The van der Waals surface area contributed by atoms with Crippen LogP contribution in [0, 0.1) is 0 Å². The van der Waals surface area contributed by atoms with E-state index in [1.54, 1.807) is 7.05 Å². The van der Waals surface area contributed by atoms with Gasteiger partial charge in [-0.1, -0.05) is 0 Å². The van der Waals surface area contributed by atoms with Gasteiger partial charge >= 0.3 is 0 Å². The average molecular weight is 239 g/mol. The van der Waals surface area contributed by atoms with Crippen LogP contribution in [-0.2, 0) is 0 Å². The summed E-state index contributed by atoms with van der Waals surface area (Å²) in [6, 6.07) is 2.15. The molecule has 0 aliphatic carbocycles. The molecule has 0 saturated heterocycles. The summed E-state index contributed by atoms with van der Waals surface area (Å²) < 4.78 is 0. The van der Waals surface area contributed by atoms with Crippen LogP contribution in [0.5, 0.6) is 0 Å². The molecule has 1 aromatic rings. The highest BCUT2D eigenvalue weighted by molar-refractivity contribution is 5.52. The van der Waals surface area contributed by atoms with Crippen molar-refractivity contribution < 1.29 is 5.11 Å². The lowest BCUT2D eigenvalue weighted by molar-refractivity contribution is 0.288. The van der Waals surface area contributed by atoms with Crippen molar-refractivity contribution in [3.63, 3.8) is 0 Å². The van der Waals surface area contributed by atoms with E-state index in [-0.39, 0.29) is 12.6 Å². The molecule has 0 radical (unpaired) electrons. The molecule has 0 spiro atoms. The Morgan fingerprint density at radius 3 is 2.71 bits per heavy atom. The number of nitrogens with one attached hydrogen (secondary N) is 1. The number of hydrogen-bond donors (Lipinski definition) is 3. The van der Waals surface area contributed by atoms with E-state index in [1.165, 1.54) is 0 Å². The van der Waals surface area contributed by atoms with Crippen molar-refractivity contribution in [2.24, 2.45) is 0 Å². The quantitative estimate of drug-likeness (QED) is 0.677. The Morgan fingerprint density at radius 1 is 1.47 bits per heavy atom. The number of aliphatic hydroxyl groups is 1. The van der Waals surface area contributed by atoms with Crippen molar-refractivity contribution in [3.05, 3.63) is 6.07 Å². The second kappa shape index (κ2) is 6.24. The van der Waals surface area contributed by atoms with Crippen LogP contribution in [-0.4, -0.2) is 41.3 Å². The molecule has 0 amide bonds. The monoisotopic (exact) mass is 239 g/mol. The number of hydrogen-bond acceptors (Lipinski definition) is 6. The highest BCUT2D eigenvalue weighted by Gasteiger charge is 2.13. The molecule has 17 heavy (non-hydrogen) atoms. The standard InChI is InChI=1S/C11H21N5O/c1-8(2)16(5-4-6-17)10-7-9(13-3)14-11(12)15-10/h7-8,17H,4-6H2,1-3H3,(H3,12,13,14,15). The van der Waals surface area contributed by atoms with E-state index in [0.29, 0.717) is 18.3 Å². The highest BCUT2D eigenvalue weighted by atomic mass is 16.3. The van der Waals surface area contributed by atoms with Crippen LogP contribution >= 0.6 is 0 Å². The van der Waals surface area contributed by atoms with Crippen molar-refractivity contribution in [1.29, 1.82) is 0 Å². The topological polar surface area (TPSA) is 87.3 Å². The molecular weight excluding hydrogens is 218 g/mol. The maximum Gasteiger partial charge on any atom is 0.223 e. The normalized spacial score (nSPS) is 10.6. The van der Waals surface area contributed by atoms with Gasteiger partial charge in [0.05, 0.1) is 0 Å². The highest BCUT2D eigenvalue weighted by Crippen LogP contribution is 2.19. The first-order chi connectivity index (χ1) is 8.08. The predicted octanol–water partition coefficient (Wildman–Crippen LogP) is 0.698. The lowest BCUT2D eigenvalue weighted by Gasteiger charge is -2.28. The van der Waals surface area contributed by atoms with E-state index in [2.05, 4.69) is 34.0 Å². The first-order valence-corrected chi connectivity index (χ1v) is 5.78. The van der Waals surface area contributed by atoms with Gasteiger partial charge < -0.3 is 21.1 Å². The maximum atomic E-state index is 8.90. The minimum atomic E-state index is 0.169. The number of nitrogens with two attached hydrogens (primary N) is 1. The zero-order valence-corrected chi connectivity index (χ0v) is 10.6. The minimum Gasteiger partial charge on any atom is -0.396 e. The van der Waals surface area contributed by atoms with E-state index >= 15 is 0 Å². The summed E-state index contributed by atoms with van der Waals surface area (Å²) >= 11 is 0. The third-order valence-electron chi connectivity index (χ3n) is 2.46. The van der Waals surface area contributed by atoms with Gasteiger partial charge in [0.2, 0.25) is 5.95 Å². The molecule has 6 heteroatoms. The molecule has 1 aromatic heterocycles. The van der Waals surface area contributed by atoms with Gasteiger partial charge in [0, 0.05) is 32.3 Å². The van der Waals surface area contributed by atoms with E-state index < -0.39 is 0 Å². The average Bonchev–Trinajstić information content (AvgIpc) is 2.28. The van der Waals surface area contributed by atoms with Gasteiger partial charge in [-0.05, 0) is 20.3 Å². The Hall–Kier alpha value is -1.56. The molecular formula is C11H21N5O. The van der Waals surface area contributed by atoms with Gasteiger partial charge in [0.15, 0.2) is 0 Å². The largest absolute Gasteiger partial charge is 0.396 e. The Morgan fingerprint density at radius 2 is 2.18 bits per heavy atom. The number of rotatable bonds is 6. The Bertz CT molecular complexity index is 356. The number of nitrogens with zero attached hydrogens (tertiary/aromatic N) is 3. The summed E-state index contributed by atoms with van der Waals surface area (Å²) in [5, 5.41) is 11.9. The second-order valence-corrected chi connectivity index (χ2v) is 4.08. The molecule has 0 fully saturated rings. The minimum absolute atomic E-state index is 0.169. The number of nitrogen functional groups attached to an aromatic ring is 1. The molecule has 4 N–H and O–H groups in total. The van der Waals surface area contributed by atoms with Crippen molar-refractivity contribution in [1.82, 2.24) is 9.97 Å². The molecule has 1 rings (SSSR count). The van der Waals surface area contributed by atoms with Gasteiger partial charge in [-0.3, -0.25) is 0 Å². The molecule has 0 aliphatic heterocycles. The lowest BCUT2D eigenvalue weighted by Crippen LogP contribution is -2.33. The first kappa shape index (κ1) is 13.5. The van der Waals surface area contributed by atoms with Crippen LogP contribution in [0.4, 0.5) is 17.6 Å². The summed E-state index contributed by atoms with van der Waals surface area (Å²) in [5.41, 5.74) is 5.66. The first-order valence-electron chi connectivity index (χ1n) is 5.78. The number of aromatic nitrogens is 2. The molecule has 0 aliphatic rings. The van der Waals surface area contributed by atoms with Gasteiger partial charge in [-0.25, -0.2) is 0 Å². The molecule has 0 unspecified atom stereocenters. The fourth-order valence-corrected chi connectivity index (χ4v) is 1.61. The van der Waals surface area contributed by atoms with Gasteiger partial charge in [0.1, 0.15) is 11.6 Å². The third-order valence-corrected chi connectivity index (χ3v) is 2.46. The van der Waals surface area contributed by atoms with Crippen molar-refractivity contribution >= 4 is 17.6 Å². The Kier molecular flexibility index (Phi) is 4.96. The van der Waals surface area contributed by atoms with Crippen molar-refractivity contribution in [2.75, 3.05) is 36.1 Å². The van der Waals surface area contributed by atoms with Crippen LogP contribution < -0.4 is 16.0 Å². The zero-order valence-electron chi connectivity index (χ0n) is 10.6. The van der Waals surface area contributed by atoms with Crippen LogP contribution in [0.1, 0.15) is 20.3 Å². The fraction of sp³-hybridized carbons (Fsp3) is 0.636. The van der Waals surface area contributed by atoms with Crippen LogP contribution in [0.2, 0.25) is 0 Å². The van der Waals surface area contributed by atoms with Crippen molar-refractivity contribution in [3.8, 4) is 0 Å². The molecule has 6 nitrogen and oxygen atoms in total. The van der Waals surface area contributed by atoms with Crippen LogP contribution in [0.3, 0.4) is 0 Å².